The molecule has 0 heterocycles. The number of rotatable bonds is 4. The van der Waals surface area contributed by atoms with E-state index in [4.69, 9.17) is 9.47 Å². The molecule has 12 heavy (non-hydrogen) atoms. The molecule has 0 radical (unpaired) electrons. The molecule has 1 amide bonds. The second kappa shape index (κ2) is 5.46. The predicted molar refractivity (Wildman–Crippen MR) is 45.4 cm³/mol. The molecule has 0 saturated heterocycles. The summed E-state index contributed by atoms with van der Waals surface area (Å²) in [6.45, 7) is 0. The van der Waals surface area contributed by atoms with E-state index in [1.165, 1.54) is 25.4 Å². The Bertz CT molecular complexity index is 175. The topological polar surface area (TPSA) is 38.8 Å². The van der Waals surface area contributed by atoms with Crippen LogP contribution in [0.4, 0.5) is 0 Å². The summed E-state index contributed by atoms with van der Waals surface area (Å²) in [6, 6.07) is 0. The molecule has 0 N–H and O–H groups in total. The van der Waals surface area contributed by atoms with Crippen LogP contribution in [0.1, 0.15) is 6.42 Å². The molecular weight excluding hydrogens is 158 g/mol. The first-order chi connectivity index (χ1) is 5.61. The normalized spacial score (nSPS) is 10.8. The van der Waals surface area contributed by atoms with Crippen LogP contribution >= 0.6 is 0 Å². The maximum Gasteiger partial charge on any atom is 0.229 e. The SMILES string of the molecule is COC=C(CC(=O)N(C)C)OC. The van der Waals surface area contributed by atoms with E-state index < -0.39 is 0 Å². The zero-order valence-corrected chi connectivity index (χ0v) is 7.96. The first-order valence-electron chi connectivity index (χ1n) is 3.57. The van der Waals surface area contributed by atoms with Gasteiger partial charge in [-0.05, 0) is 0 Å². The average Bonchev–Trinajstić information content (AvgIpc) is 2.03. The number of nitrogens with zero attached hydrogens (tertiary/aromatic N) is 1. The highest BCUT2D eigenvalue weighted by molar-refractivity contribution is 5.77. The number of ether oxygens (including phenoxy) is 2. The highest BCUT2D eigenvalue weighted by Crippen LogP contribution is 2.03. The molecule has 0 aromatic carbocycles. The Balaban J connectivity index is 4.03. The number of carbonyl (C=O) groups is 1. The molecule has 0 atom stereocenters. The molecule has 0 bridgehead atoms. The van der Waals surface area contributed by atoms with Gasteiger partial charge in [0.15, 0.2) is 0 Å². The van der Waals surface area contributed by atoms with Gasteiger partial charge in [0, 0.05) is 14.1 Å². The van der Waals surface area contributed by atoms with E-state index in [0.29, 0.717) is 5.76 Å². The minimum Gasteiger partial charge on any atom is -0.501 e. The number of hydrogen-bond donors (Lipinski definition) is 0. The monoisotopic (exact) mass is 173 g/mol. The van der Waals surface area contributed by atoms with Crippen LogP contribution in [0, 0.1) is 0 Å². The van der Waals surface area contributed by atoms with Crippen LogP contribution in [-0.2, 0) is 14.3 Å². The van der Waals surface area contributed by atoms with Crippen molar-refractivity contribution in [2.75, 3.05) is 28.3 Å². The zero-order chi connectivity index (χ0) is 9.56. The predicted octanol–water partition coefficient (Wildman–Crippen LogP) is 0.599. The summed E-state index contributed by atoms with van der Waals surface area (Å²) >= 11 is 0. The molecule has 0 aromatic heterocycles. The van der Waals surface area contributed by atoms with E-state index in [0.717, 1.165) is 0 Å². The molecule has 4 nitrogen and oxygen atoms in total. The van der Waals surface area contributed by atoms with E-state index in [-0.39, 0.29) is 12.3 Å². The second-order valence-electron chi connectivity index (χ2n) is 2.49. The molecule has 0 spiro atoms. The fourth-order valence-corrected chi connectivity index (χ4v) is 0.601. The van der Waals surface area contributed by atoms with Gasteiger partial charge in [0.2, 0.25) is 5.91 Å². The van der Waals surface area contributed by atoms with Crippen LogP contribution in [0.2, 0.25) is 0 Å². The van der Waals surface area contributed by atoms with Gasteiger partial charge in [-0.1, -0.05) is 0 Å². The Hall–Kier alpha value is -1.19. The summed E-state index contributed by atoms with van der Waals surface area (Å²) in [5, 5.41) is 0. The van der Waals surface area contributed by atoms with Crippen LogP contribution in [0.25, 0.3) is 0 Å². The Kier molecular flexibility index (Phi) is 4.92. The lowest BCUT2D eigenvalue weighted by atomic mass is 10.3. The second-order valence-corrected chi connectivity index (χ2v) is 2.49. The van der Waals surface area contributed by atoms with Gasteiger partial charge in [0.1, 0.15) is 12.0 Å². The summed E-state index contributed by atoms with van der Waals surface area (Å²) in [5.74, 6) is 0.511. The van der Waals surface area contributed by atoms with Crippen LogP contribution in [-0.4, -0.2) is 39.1 Å². The molecule has 0 saturated carbocycles. The number of hydrogen-bond acceptors (Lipinski definition) is 3. The van der Waals surface area contributed by atoms with Gasteiger partial charge in [0.05, 0.1) is 20.6 Å². The molecule has 0 unspecified atom stereocenters. The molecule has 0 fully saturated rings. The lowest BCUT2D eigenvalue weighted by Gasteiger charge is -2.11. The minimum absolute atomic E-state index is 0.0137. The minimum atomic E-state index is -0.0137. The summed E-state index contributed by atoms with van der Waals surface area (Å²) in [6.07, 6.45) is 1.65. The van der Waals surface area contributed by atoms with Crippen molar-refractivity contribution < 1.29 is 14.3 Å². The molecule has 0 aliphatic carbocycles. The van der Waals surface area contributed by atoms with Crippen molar-refractivity contribution in [2.24, 2.45) is 0 Å². The van der Waals surface area contributed by atoms with Crippen molar-refractivity contribution in [1.29, 1.82) is 0 Å². The van der Waals surface area contributed by atoms with Crippen LogP contribution < -0.4 is 0 Å². The van der Waals surface area contributed by atoms with Crippen molar-refractivity contribution in [3.05, 3.63) is 12.0 Å². The fraction of sp³-hybridized carbons (Fsp3) is 0.625. The van der Waals surface area contributed by atoms with Crippen molar-refractivity contribution >= 4 is 5.91 Å². The van der Waals surface area contributed by atoms with Crippen LogP contribution in [0.5, 0.6) is 0 Å². The first-order valence-corrected chi connectivity index (χ1v) is 3.57. The molecule has 0 aliphatic heterocycles. The van der Waals surface area contributed by atoms with Crippen LogP contribution in [0.15, 0.2) is 12.0 Å². The van der Waals surface area contributed by atoms with E-state index in [2.05, 4.69) is 0 Å². The lowest BCUT2D eigenvalue weighted by Crippen LogP contribution is -2.22. The first kappa shape index (κ1) is 10.8. The van der Waals surface area contributed by atoms with Gasteiger partial charge in [-0.2, -0.15) is 0 Å². The third kappa shape index (κ3) is 3.85. The van der Waals surface area contributed by atoms with Gasteiger partial charge < -0.3 is 14.4 Å². The highest BCUT2D eigenvalue weighted by Gasteiger charge is 2.07. The molecule has 4 heteroatoms. The Morgan fingerprint density at radius 1 is 1.42 bits per heavy atom. The quantitative estimate of drug-likeness (QED) is 0.584. The maximum absolute atomic E-state index is 11.1. The standard InChI is InChI=1S/C8H15NO3/c1-9(2)8(10)5-7(12-4)6-11-3/h6H,5H2,1-4H3. The molecule has 0 aliphatic rings. The van der Waals surface area contributed by atoms with Crippen molar-refractivity contribution in [3.63, 3.8) is 0 Å². The van der Waals surface area contributed by atoms with Gasteiger partial charge in [0.25, 0.3) is 0 Å². The number of amides is 1. The van der Waals surface area contributed by atoms with Gasteiger partial charge in [-0.15, -0.1) is 0 Å². The summed E-state index contributed by atoms with van der Waals surface area (Å²) in [7, 11) is 6.41. The molecular formula is C8H15NO3. The Labute approximate surface area is 72.8 Å². The van der Waals surface area contributed by atoms with E-state index >= 15 is 0 Å². The third-order valence-electron chi connectivity index (χ3n) is 1.34. The highest BCUT2D eigenvalue weighted by atomic mass is 16.5. The number of methoxy groups -OCH3 is 2. The zero-order valence-electron chi connectivity index (χ0n) is 7.96. The fourth-order valence-electron chi connectivity index (χ4n) is 0.601. The van der Waals surface area contributed by atoms with Crippen molar-refractivity contribution in [3.8, 4) is 0 Å². The third-order valence-corrected chi connectivity index (χ3v) is 1.34. The lowest BCUT2D eigenvalue weighted by molar-refractivity contribution is -0.128. The molecule has 70 valence electrons. The molecule has 0 aromatic rings. The smallest absolute Gasteiger partial charge is 0.229 e. The Morgan fingerprint density at radius 3 is 2.33 bits per heavy atom. The van der Waals surface area contributed by atoms with E-state index in [1.54, 1.807) is 14.1 Å². The van der Waals surface area contributed by atoms with E-state index in [1.807, 2.05) is 0 Å². The number of carbonyl (C=O) groups excluding carboxylic acids is 1. The van der Waals surface area contributed by atoms with Gasteiger partial charge in [-0.3, -0.25) is 4.79 Å². The van der Waals surface area contributed by atoms with Crippen molar-refractivity contribution in [2.45, 2.75) is 6.42 Å². The average molecular weight is 173 g/mol. The maximum atomic E-state index is 11.1. The molecule has 0 rings (SSSR count). The van der Waals surface area contributed by atoms with Crippen molar-refractivity contribution in [1.82, 2.24) is 4.90 Å². The van der Waals surface area contributed by atoms with E-state index in [9.17, 15) is 4.79 Å². The summed E-state index contributed by atoms with van der Waals surface area (Å²) in [5.41, 5.74) is 0. The summed E-state index contributed by atoms with van der Waals surface area (Å²) < 4.78 is 9.62. The van der Waals surface area contributed by atoms with Crippen LogP contribution in [0.3, 0.4) is 0 Å². The largest absolute Gasteiger partial charge is 0.501 e. The Morgan fingerprint density at radius 2 is 2.00 bits per heavy atom. The van der Waals surface area contributed by atoms with Gasteiger partial charge >= 0.3 is 0 Å². The van der Waals surface area contributed by atoms with Gasteiger partial charge in [-0.25, -0.2) is 0 Å². The summed E-state index contributed by atoms with van der Waals surface area (Å²) in [4.78, 5) is 12.6.